The molecular weight excluding hydrogens is 376 g/mol. The maximum Gasteiger partial charge on any atom is 0.311 e. The van der Waals surface area contributed by atoms with Crippen LogP contribution in [0.3, 0.4) is 0 Å². The zero-order valence-corrected chi connectivity index (χ0v) is 16.0. The van der Waals surface area contributed by atoms with Crippen molar-refractivity contribution in [2.45, 2.75) is 12.8 Å². The molecule has 0 atom stereocenters. The SMILES string of the molecule is O=C(NCC1(C(=O)O)CCOCC1)c1cc(-c2cccs2)nc2ccccc12. The Kier molecular flexibility index (Phi) is 5.11. The minimum Gasteiger partial charge on any atom is -0.481 e. The van der Waals surface area contributed by atoms with E-state index in [-0.39, 0.29) is 12.5 Å². The number of carboxylic acid groups (broad SMARTS) is 1. The highest BCUT2D eigenvalue weighted by molar-refractivity contribution is 7.13. The number of carbonyl (C=O) groups excluding carboxylic acids is 1. The van der Waals surface area contributed by atoms with Gasteiger partial charge in [-0.25, -0.2) is 4.98 Å². The molecule has 1 aliphatic heterocycles. The van der Waals surface area contributed by atoms with E-state index in [0.29, 0.717) is 31.6 Å². The summed E-state index contributed by atoms with van der Waals surface area (Å²) >= 11 is 1.56. The fraction of sp³-hybridized carbons (Fsp3) is 0.286. The average molecular weight is 396 g/mol. The summed E-state index contributed by atoms with van der Waals surface area (Å²) in [5, 5.41) is 15.3. The number of thiophene rings is 1. The number of benzene rings is 1. The summed E-state index contributed by atoms with van der Waals surface area (Å²) in [4.78, 5) is 30.5. The zero-order valence-electron chi connectivity index (χ0n) is 15.2. The number of hydrogen-bond acceptors (Lipinski definition) is 5. The van der Waals surface area contributed by atoms with Crippen molar-refractivity contribution in [1.82, 2.24) is 10.3 Å². The van der Waals surface area contributed by atoms with E-state index in [0.717, 1.165) is 21.5 Å². The fourth-order valence-corrected chi connectivity index (χ4v) is 4.17. The number of rotatable bonds is 5. The summed E-state index contributed by atoms with van der Waals surface area (Å²) < 4.78 is 5.30. The molecule has 2 aromatic heterocycles. The second kappa shape index (κ2) is 7.69. The van der Waals surface area contributed by atoms with Crippen molar-refractivity contribution in [3.05, 3.63) is 53.4 Å². The lowest BCUT2D eigenvalue weighted by atomic mass is 9.80. The van der Waals surface area contributed by atoms with E-state index < -0.39 is 11.4 Å². The van der Waals surface area contributed by atoms with Crippen molar-refractivity contribution in [3.63, 3.8) is 0 Å². The first kappa shape index (κ1) is 18.6. The van der Waals surface area contributed by atoms with Gasteiger partial charge in [0.05, 0.1) is 27.1 Å². The molecule has 3 heterocycles. The lowest BCUT2D eigenvalue weighted by Crippen LogP contribution is -2.46. The van der Waals surface area contributed by atoms with Gasteiger partial charge < -0.3 is 15.2 Å². The van der Waals surface area contributed by atoms with E-state index >= 15 is 0 Å². The van der Waals surface area contributed by atoms with Crippen molar-refractivity contribution in [2.24, 2.45) is 5.41 Å². The highest BCUT2D eigenvalue weighted by Gasteiger charge is 2.40. The zero-order chi connectivity index (χ0) is 19.6. The smallest absolute Gasteiger partial charge is 0.311 e. The van der Waals surface area contributed by atoms with E-state index in [9.17, 15) is 14.7 Å². The fourth-order valence-electron chi connectivity index (χ4n) is 3.49. The number of ether oxygens (including phenoxy) is 1. The van der Waals surface area contributed by atoms with Crippen LogP contribution in [0.1, 0.15) is 23.2 Å². The third-order valence-corrected chi connectivity index (χ3v) is 6.12. The Morgan fingerprint density at radius 2 is 1.96 bits per heavy atom. The van der Waals surface area contributed by atoms with Crippen LogP contribution < -0.4 is 5.32 Å². The second-order valence-electron chi connectivity index (χ2n) is 6.93. The summed E-state index contributed by atoms with van der Waals surface area (Å²) in [6.07, 6.45) is 0.778. The van der Waals surface area contributed by atoms with Gasteiger partial charge in [0.25, 0.3) is 5.91 Å². The molecule has 144 valence electrons. The van der Waals surface area contributed by atoms with Gasteiger partial charge in [0.1, 0.15) is 0 Å². The van der Waals surface area contributed by atoms with Gasteiger partial charge in [-0.05, 0) is 36.4 Å². The molecule has 2 N–H and O–H groups in total. The van der Waals surface area contributed by atoms with Gasteiger partial charge in [-0.2, -0.15) is 0 Å². The van der Waals surface area contributed by atoms with Crippen LogP contribution >= 0.6 is 11.3 Å². The number of nitrogens with one attached hydrogen (secondary N) is 1. The molecule has 0 aliphatic carbocycles. The Hall–Kier alpha value is -2.77. The molecule has 6 nitrogen and oxygen atoms in total. The highest BCUT2D eigenvalue weighted by atomic mass is 32.1. The Bertz CT molecular complexity index is 1010. The molecule has 1 aromatic carbocycles. The summed E-state index contributed by atoms with van der Waals surface area (Å²) in [5.41, 5.74) is 0.991. The molecule has 0 spiro atoms. The van der Waals surface area contributed by atoms with Crippen molar-refractivity contribution < 1.29 is 19.4 Å². The maximum atomic E-state index is 13.0. The number of aromatic nitrogens is 1. The second-order valence-corrected chi connectivity index (χ2v) is 7.88. The lowest BCUT2D eigenvalue weighted by molar-refractivity contribution is -0.154. The predicted molar refractivity (Wildman–Crippen MR) is 108 cm³/mol. The van der Waals surface area contributed by atoms with E-state index in [4.69, 9.17) is 4.74 Å². The van der Waals surface area contributed by atoms with E-state index in [1.807, 2.05) is 41.8 Å². The van der Waals surface area contributed by atoms with E-state index in [2.05, 4.69) is 10.3 Å². The van der Waals surface area contributed by atoms with Crippen molar-refractivity contribution in [2.75, 3.05) is 19.8 Å². The van der Waals surface area contributed by atoms with Crippen LogP contribution in [-0.2, 0) is 9.53 Å². The first-order valence-corrected chi connectivity index (χ1v) is 10.0. The van der Waals surface area contributed by atoms with Crippen molar-refractivity contribution >= 4 is 34.1 Å². The normalized spacial score (nSPS) is 16.0. The van der Waals surface area contributed by atoms with Crippen LogP contribution in [0.5, 0.6) is 0 Å². The standard InChI is InChI=1S/C21H20N2O4S/c24-19(22-13-21(20(25)26)7-9-27-10-8-21)15-12-17(18-6-3-11-28-18)23-16-5-2-1-4-14(15)16/h1-6,11-12H,7-10,13H2,(H,22,24)(H,25,26). The van der Waals surface area contributed by atoms with Gasteiger partial charge in [-0.15, -0.1) is 11.3 Å². The number of nitrogens with zero attached hydrogens (tertiary/aromatic N) is 1. The quantitative estimate of drug-likeness (QED) is 0.688. The summed E-state index contributed by atoms with van der Waals surface area (Å²) in [5.74, 6) is -1.18. The molecule has 1 fully saturated rings. The molecule has 1 aliphatic rings. The molecule has 0 radical (unpaired) electrons. The number of para-hydroxylation sites is 1. The van der Waals surface area contributed by atoms with Crippen LogP contribution in [-0.4, -0.2) is 41.7 Å². The number of aliphatic carboxylic acids is 1. The van der Waals surface area contributed by atoms with Crippen molar-refractivity contribution in [1.29, 1.82) is 0 Å². The first-order valence-electron chi connectivity index (χ1n) is 9.12. The molecular formula is C21H20N2O4S. The van der Waals surface area contributed by atoms with Gasteiger partial charge in [0, 0.05) is 25.1 Å². The van der Waals surface area contributed by atoms with Gasteiger partial charge in [-0.3, -0.25) is 9.59 Å². The van der Waals surface area contributed by atoms with Crippen LogP contribution in [0.15, 0.2) is 47.8 Å². The van der Waals surface area contributed by atoms with Crippen molar-refractivity contribution in [3.8, 4) is 10.6 Å². The molecule has 7 heteroatoms. The molecule has 0 bridgehead atoms. The molecule has 1 amide bonds. The molecule has 0 unspecified atom stereocenters. The number of carboxylic acids is 1. The lowest BCUT2D eigenvalue weighted by Gasteiger charge is -2.33. The minimum absolute atomic E-state index is 0.0789. The highest BCUT2D eigenvalue weighted by Crippen LogP contribution is 2.31. The third-order valence-electron chi connectivity index (χ3n) is 5.23. The summed E-state index contributed by atoms with van der Waals surface area (Å²) in [7, 11) is 0. The number of amides is 1. The van der Waals surface area contributed by atoms with E-state index in [1.54, 1.807) is 17.4 Å². The number of fused-ring (bicyclic) bond motifs is 1. The van der Waals surface area contributed by atoms with E-state index in [1.165, 1.54) is 0 Å². The Morgan fingerprint density at radius 3 is 2.68 bits per heavy atom. The van der Waals surface area contributed by atoms with Gasteiger partial charge in [-0.1, -0.05) is 24.3 Å². The predicted octanol–water partition coefficient (Wildman–Crippen LogP) is 3.57. The number of pyridine rings is 1. The Morgan fingerprint density at radius 1 is 1.18 bits per heavy atom. The number of hydrogen-bond donors (Lipinski definition) is 2. The topological polar surface area (TPSA) is 88.5 Å². The molecule has 0 saturated carbocycles. The summed E-state index contributed by atoms with van der Waals surface area (Å²) in [6.45, 7) is 0.862. The maximum absolute atomic E-state index is 13.0. The number of carbonyl (C=O) groups is 2. The first-order chi connectivity index (χ1) is 13.6. The van der Waals surface area contributed by atoms with Crippen LogP contribution in [0.25, 0.3) is 21.5 Å². The average Bonchev–Trinajstić information content (AvgIpc) is 3.27. The Labute approximate surface area is 166 Å². The van der Waals surface area contributed by atoms with Crippen LogP contribution in [0.2, 0.25) is 0 Å². The monoisotopic (exact) mass is 396 g/mol. The third kappa shape index (κ3) is 3.50. The van der Waals surface area contributed by atoms with Gasteiger partial charge >= 0.3 is 5.97 Å². The van der Waals surface area contributed by atoms with Crippen LogP contribution in [0.4, 0.5) is 0 Å². The molecule has 28 heavy (non-hydrogen) atoms. The molecule has 1 saturated heterocycles. The van der Waals surface area contributed by atoms with Gasteiger partial charge in [0.2, 0.25) is 0 Å². The molecule has 3 aromatic rings. The van der Waals surface area contributed by atoms with Gasteiger partial charge in [0.15, 0.2) is 0 Å². The summed E-state index contributed by atoms with van der Waals surface area (Å²) in [6, 6.07) is 13.2. The Balaban J connectivity index is 1.66. The molecule has 4 rings (SSSR count). The van der Waals surface area contributed by atoms with Crippen LogP contribution in [0, 0.1) is 5.41 Å². The minimum atomic E-state index is -0.979. The largest absolute Gasteiger partial charge is 0.481 e.